The first-order chi connectivity index (χ1) is 18.2. The first-order valence-electron chi connectivity index (χ1n) is 13.4. The number of ether oxygens (including phenoxy) is 2. The summed E-state index contributed by atoms with van der Waals surface area (Å²) in [5.74, 6) is 0.309. The lowest BCUT2D eigenvalue weighted by atomic mass is 10.00. The molecule has 3 fully saturated rings. The molecule has 0 unspecified atom stereocenters. The zero-order valence-corrected chi connectivity index (χ0v) is 21.3. The molecule has 0 aromatic heterocycles. The molecule has 0 bridgehead atoms. The van der Waals surface area contributed by atoms with Crippen molar-refractivity contribution in [1.82, 2.24) is 9.80 Å². The summed E-state index contributed by atoms with van der Waals surface area (Å²) in [5, 5.41) is 0. The Labute approximate surface area is 220 Å². The summed E-state index contributed by atoms with van der Waals surface area (Å²) in [6.45, 7) is 2.56. The Balaban J connectivity index is 1.03. The molecule has 0 N–H and O–H groups in total. The number of alkyl halides is 3. The molecule has 6 nitrogen and oxygen atoms in total. The second kappa shape index (κ2) is 11.4. The van der Waals surface area contributed by atoms with E-state index in [2.05, 4.69) is 10.8 Å². The van der Waals surface area contributed by atoms with E-state index in [9.17, 15) is 22.8 Å². The van der Waals surface area contributed by atoms with Crippen molar-refractivity contribution in [3.8, 4) is 5.75 Å². The van der Waals surface area contributed by atoms with Crippen molar-refractivity contribution >= 4 is 11.8 Å². The van der Waals surface area contributed by atoms with Crippen molar-refractivity contribution in [3.05, 3.63) is 65.2 Å². The molecular weight excluding hydrogens is 497 g/mol. The number of nitrogens with zero attached hydrogens (tertiary/aromatic N) is 2. The Morgan fingerprint density at radius 3 is 1.95 bits per heavy atom. The van der Waals surface area contributed by atoms with Crippen molar-refractivity contribution < 1.29 is 32.2 Å². The van der Waals surface area contributed by atoms with Crippen LogP contribution in [0.2, 0.25) is 0 Å². The van der Waals surface area contributed by atoms with Crippen molar-refractivity contribution in [2.75, 3.05) is 26.2 Å². The fourth-order valence-corrected chi connectivity index (χ4v) is 5.42. The van der Waals surface area contributed by atoms with Crippen LogP contribution in [-0.2, 0) is 16.0 Å². The quantitative estimate of drug-likeness (QED) is 0.487. The molecule has 1 aliphatic carbocycles. The summed E-state index contributed by atoms with van der Waals surface area (Å²) in [6, 6.07) is 13.4. The van der Waals surface area contributed by atoms with Gasteiger partial charge in [0.05, 0.1) is 18.6 Å². The maximum atomic E-state index is 13.1. The van der Waals surface area contributed by atoms with Crippen LogP contribution in [0, 0.1) is 0 Å². The predicted molar refractivity (Wildman–Crippen MR) is 135 cm³/mol. The highest BCUT2D eigenvalue weighted by atomic mass is 19.4. The normalized spacial score (nSPS) is 19.4. The lowest BCUT2D eigenvalue weighted by Gasteiger charge is -2.37. The van der Waals surface area contributed by atoms with Gasteiger partial charge >= 0.3 is 6.36 Å². The minimum Gasteiger partial charge on any atom is -0.406 e. The minimum atomic E-state index is -4.74. The maximum absolute atomic E-state index is 13.1. The van der Waals surface area contributed by atoms with Gasteiger partial charge in [0.1, 0.15) is 5.75 Å². The van der Waals surface area contributed by atoms with E-state index in [1.807, 2.05) is 23.1 Å². The number of carbonyl (C=O) groups is 2. The molecule has 38 heavy (non-hydrogen) atoms. The van der Waals surface area contributed by atoms with E-state index < -0.39 is 6.36 Å². The maximum Gasteiger partial charge on any atom is 0.573 e. The number of rotatable bonds is 7. The van der Waals surface area contributed by atoms with Gasteiger partial charge in [0, 0.05) is 31.7 Å². The smallest absolute Gasteiger partial charge is 0.406 e. The van der Waals surface area contributed by atoms with Gasteiger partial charge in [-0.15, -0.1) is 13.2 Å². The Morgan fingerprint density at radius 1 is 0.789 bits per heavy atom. The molecular formula is C29H33F3N2O4. The van der Waals surface area contributed by atoms with E-state index >= 15 is 0 Å². The number of piperidine rings is 2. The van der Waals surface area contributed by atoms with Gasteiger partial charge < -0.3 is 19.3 Å². The summed E-state index contributed by atoms with van der Waals surface area (Å²) in [6.07, 6.45) is 1.04. The van der Waals surface area contributed by atoms with E-state index in [-0.39, 0.29) is 36.2 Å². The SMILES string of the molecule is O=C(Cc1ccc(OC(F)(F)F)cc1)N1CCC(OC2CCN(C(=O)c3ccccc3C3CC3)CC2)CC1. The molecule has 2 heterocycles. The Kier molecular flexibility index (Phi) is 7.93. The zero-order chi connectivity index (χ0) is 26.7. The molecule has 2 saturated heterocycles. The first kappa shape index (κ1) is 26.5. The third kappa shape index (κ3) is 6.87. The van der Waals surface area contributed by atoms with Crippen LogP contribution >= 0.6 is 0 Å². The summed E-state index contributed by atoms with van der Waals surface area (Å²) in [7, 11) is 0. The molecule has 204 valence electrons. The van der Waals surface area contributed by atoms with Gasteiger partial charge in [-0.2, -0.15) is 0 Å². The number of likely N-dealkylation sites (tertiary alicyclic amines) is 2. The van der Waals surface area contributed by atoms with E-state index in [0.29, 0.717) is 37.7 Å². The Hall–Kier alpha value is -3.07. The topological polar surface area (TPSA) is 59.1 Å². The third-order valence-electron chi connectivity index (χ3n) is 7.63. The van der Waals surface area contributed by atoms with Crippen LogP contribution in [0.5, 0.6) is 5.75 Å². The van der Waals surface area contributed by atoms with Crippen LogP contribution in [0.3, 0.4) is 0 Å². The summed E-state index contributed by atoms with van der Waals surface area (Å²) in [5.41, 5.74) is 2.67. The van der Waals surface area contributed by atoms with Crippen LogP contribution in [0.15, 0.2) is 48.5 Å². The molecule has 0 spiro atoms. The Morgan fingerprint density at radius 2 is 1.37 bits per heavy atom. The van der Waals surface area contributed by atoms with Gasteiger partial charge in [-0.05, 0) is 73.8 Å². The fourth-order valence-electron chi connectivity index (χ4n) is 5.42. The molecule has 2 amide bonds. The molecule has 2 aromatic rings. The average Bonchev–Trinajstić information content (AvgIpc) is 3.75. The highest BCUT2D eigenvalue weighted by molar-refractivity contribution is 5.96. The zero-order valence-electron chi connectivity index (χ0n) is 21.3. The summed E-state index contributed by atoms with van der Waals surface area (Å²) >= 11 is 0. The number of hydrogen-bond acceptors (Lipinski definition) is 4. The van der Waals surface area contributed by atoms with Gasteiger partial charge in [-0.25, -0.2) is 0 Å². The van der Waals surface area contributed by atoms with E-state index in [1.165, 1.54) is 42.7 Å². The minimum absolute atomic E-state index is 0.0498. The van der Waals surface area contributed by atoms with E-state index in [4.69, 9.17) is 4.74 Å². The number of amides is 2. The van der Waals surface area contributed by atoms with Crippen molar-refractivity contribution in [2.24, 2.45) is 0 Å². The third-order valence-corrected chi connectivity index (χ3v) is 7.63. The monoisotopic (exact) mass is 530 g/mol. The molecule has 9 heteroatoms. The van der Waals surface area contributed by atoms with Gasteiger partial charge in [0.15, 0.2) is 0 Å². The first-order valence-corrected chi connectivity index (χ1v) is 13.4. The molecule has 2 aliphatic heterocycles. The standard InChI is InChI=1S/C29H33F3N2O4/c30-29(31,32)38-24-9-5-20(6-10-24)19-27(35)33-15-11-22(12-16-33)37-23-13-17-34(18-14-23)28(36)26-4-2-1-3-25(26)21-7-8-21/h1-6,9-10,21-23H,7-8,11-19H2. The number of carbonyl (C=O) groups excluding carboxylic acids is 2. The number of halogens is 3. The Bertz CT molecular complexity index is 1120. The van der Waals surface area contributed by atoms with E-state index in [1.54, 1.807) is 4.90 Å². The second-order valence-corrected chi connectivity index (χ2v) is 10.4. The molecule has 0 atom stereocenters. The summed E-state index contributed by atoms with van der Waals surface area (Å²) < 4.78 is 47.2. The van der Waals surface area contributed by atoms with Gasteiger partial charge in [-0.3, -0.25) is 9.59 Å². The lowest BCUT2D eigenvalue weighted by Crippen LogP contribution is -2.45. The molecule has 2 aromatic carbocycles. The summed E-state index contributed by atoms with van der Waals surface area (Å²) in [4.78, 5) is 29.6. The van der Waals surface area contributed by atoms with Crippen LogP contribution in [-0.4, -0.2) is 66.4 Å². The predicted octanol–water partition coefficient (Wildman–Crippen LogP) is 5.32. The lowest BCUT2D eigenvalue weighted by molar-refractivity contribution is -0.274. The van der Waals surface area contributed by atoms with Gasteiger partial charge in [0.25, 0.3) is 5.91 Å². The molecule has 5 rings (SSSR count). The van der Waals surface area contributed by atoms with Crippen LogP contribution in [0.4, 0.5) is 13.2 Å². The van der Waals surface area contributed by atoms with Gasteiger partial charge in [-0.1, -0.05) is 30.3 Å². The van der Waals surface area contributed by atoms with Gasteiger partial charge in [0.2, 0.25) is 5.91 Å². The molecule has 3 aliphatic rings. The molecule has 0 radical (unpaired) electrons. The van der Waals surface area contributed by atoms with Crippen LogP contribution in [0.1, 0.15) is 65.9 Å². The highest BCUT2D eigenvalue weighted by Crippen LogP contribution is 2.42. The van der Waals surface area contributed by atoms with Crippen LogP contribution < -0.4 is 4.74 Å². The van der Waals surface area contributed by atoms with Crippen molar-refractivity contribution in [2.45, 2.75) is 69.4 Å². The van der Waals surface area contributed by atoms with Crippen molar-refractivity contribution in [3.63, 3.8) is 0 Å². The highest BCUT2D eigenvalue weighted by Gasteiger charge is 2.33. The van der Waals surface area contributed by atoms with Crippen LogP contribution in [0.25, 0.3) is 0 Å². The number of benzene rings is 2. The second-order valence-electron chi connectivity index (χ2n) is 10.4. The fraction of sp³-hybridized carbons (Fsp3) is 0.517. The largest absolute Gasteiger partial charge is 0.573 e. The van der Waals surface area contributed by atoms with Crippen molar-refractivity contribution in [1.29, 1.82) is 0 Å². The molecule has 1 saturated carbocycles. The van der Waals surface area contributed by atoms with E-state index in [0.717, 1.165) is 31.2 Å². The number of hydrogen-bond donors (Lipinski definition) is 0. The average molecular weight is 531 g/mol.